The summed E-state index contributed by atoms with van der Waals surface area (Å²) in [5, 5.41) is 3.62. The molecule has 2 nitrogen and oxygen atoms in total. The van der Waals surface area contributed by atoms with Crippen LogP contribution in [0, 0.1) is 11.8 Å². The minimum atomic E-state index is 0.663. The first kappa shape index (κ1) is 12.1. The van der Waals surface area contributed by atoms with Crippen molar-refractivity contribution in [1.82, 2.24) is 10.3 Å². The summed E-state index contributed by atoms with van der Waals surface area (Å²) in [7, 11) is 0. The maximum atomic E-state index is 4.43. The molecule has 1 heterocycles. The Morgan fingerprint density at radius 3 is 2.81 bits per heavy atom. The molecule has 1 aromatic heterocycles. The third kappa shape index (κ3) is 2.83. The molecule has 16 heavy (non-hydrogen) atoms. The van der Waals surface area contributed by atoms with Gasteiger partial charge in [-0.15, -0.1) is 0 Å². The van der Waals surface area contributed by atoms with Crippen molar-refractivity contribution >= 4 is 15.9 Å². The molecule has 0 radical (unpaired) electrons. The van der Waals surface area contributed by atoms with E-state index < -0.39 is 0 Å². The fourth-order valence-electron chi connectivity index (χ4n) is 2.44. The van der Waals surface area contributed by atoms with Gasteiger partial charge in [-0.05, 0) is 52.7 Å². The van der Waals surface area contributed by atoms with Gasteiger partial charge in [0.2, 0.25) is 0 Å². The molecule has 1 aromatic rings. The second kappa shape index (κ2) is 5.28. The van der Waals surface area contributed by atoms with Gasteiger partial charge in [0.25, 0.3) is 0 Å². The number of hydrogen-bond donors (Lipinski definition) is 1. The molecule has 2 rings (SSSR count). The van der Waals surface area contributed by atoms with Gasteiger partial charge in [-0.25, -0.2) is 4.98 Å². The predicted octanol–water partition coefficient (Wildman–Crippen LogP) is 3.37. The van der Waals surface area contributed by atoms with Gasteiger partial charge in [0.1, 0.15) is 4.60 Å². The van der Waals surface area contributed by atoms with E-state index >= 15 is 0 Å². The van der Waals surface area contributed by atoms with Crippen molar-refractivity contribution in [1.29, 1.82) is 0 Å². The summed E-state index contributed by atoms with van der Waals surface area (Å²) < 4.78 is 0.916. The van der Waals surface area contributed by atoms with E-state index in [0.717, 1.165) is 28.7 Å². The van der Waals surface area contributed by atoms with E-state index in [1.165, 1.54) is 12.8 Å². The number of halogens is 1. The van der Waals surface area contributed by atoms with Crippen LogP contribution in [0.4, 0.5) is 0 Å². The molecule has 0 bridgehead atoms. The van der Waals surface area contributed by atoms with Crippen LogP contribution in [0.1, 0.15) is 32.4 Å². The third-order valence-electron chi connectivity index (χ3n) is 3.78. The van der Waals surface area contributed by atoms with Gasteiger partial charge in [0, 0.05) is 12.6 Å². The van der Waals surface area contributed by atoms with Crippen LogP contribution in [0.5, 0.6) is 0 Å². The molecule has 0 aliphatic heterocycles. The number of hydrogen-bond acceptors (Lipinski definition) is 2. The summed E-state index contributed by atoms with van der Waals surface area (Å²) in [6.45, 7) is 5.58. The van der Waals surface area contributed by atoms with Crippen molar-refractivity contribution in [2.45, 2.75) is 39.3 Å². The van der Waals surface area contributed by atoms with Crippen LogP contribution < -0.4 is 5.32 Å². The van der Waals surface area contributed by atoms with E-state index in [1.54, 1.807) is 0 Å². The molecular weight excluding hydrogens is 264 g/mol. The first-order chi connectivity index (χ1) is 7.66. The zero-order chi connectivity index (χ0) is 11.5. The zero-order valence-electron chi connectivity index (χ0n) is 9.91. The number of rotatable bonds is 3. The number of nitrogens with one attached hydrogen (secondary N) is 1. The van der Waals surface area contributed by atoms with Gasteiger partial charge in [-0.3, -0.25) is 0 Å². The fourth-order valence-corrected chi connectivity index (χ4v) is 2.82. The zero-order valence-corrected chi connectivity index (χ0v) is 11.5. The fraction of sp³-hybridized carbons (Fsp3) is 0.615. The highest BCUT2D eigenvalue weighted by atomic mass is 79.9. The summed E-state index contributed by atoms with van der Waals surface area (Å²) in [6.07, 6.45) is 2.65. The molecule has 0 amide bonds. The van der Waals surface area contributed by atoms with E-state index in [4.69, 9.17) is 0 Å². The molecule has 1 fully saturated rings. The van der Waals surface area contributed by atoms with Gasteiger partial charge in [-0.1, -0.05) is 19.9 Å². The van der Waals surface area contributed by atoms with Crippen LogP contribution in [0.15, 0.2) is 22.8 Å². The standard InChI is InChI=1S/C13H19BrN2/c1-9-6-7-12(10(9)2)15-8-11-4-3-5-13(14)16-11/h3-5,9-10,12,15H,6-8H2,1-2H3. The Bertz CT molecular complexity index is 354. The predicted molar refractivity (Wildman–Crippen MR) is 70.1 cm³/mol. The lowest BCUT2D eigenvalue weighted by Crippen LogP contribution is -2.32. The maximum absolute atomic E-state index is 4.43. The van der Waals surface area contributed by atoms with Gasteiger partial charge in [0.15, 0.2) is 0 Å². The second-order valence-corrected chi connectivity index (χ2v) is 5.67. The van der Waals surface area contributed by atoms with Gasteiger partial charge in [-0.2, -0.15) is 0 Å². The molecule has 3 unspecified atom stereocenters. The normalized spacial score (nSPS) is 29.6. The Hall–Kier alpha value is -0.410. The molecule has 0 spiro atoms. The van der Waals surface area contributed by atoms with Crippen molar-refractivity contribution in [2.24, 2.45) is 11.8 Å². The Kier molecular flexibility index (Phi) is 3.98. The van der Waals surface area contributed by atoms with Gasteiger partial charge >= 0.3 is 0 Å². The number of nitrogens with zero attached hydrogens (tertiary/aromatic N) is 1. The third-order valence-corrected chi connectivity index (χ3v) is 4.23. The quantitative estimate of drug-likeness (QED) is 0.860. The Morgan fingerprint density at radius 1 is 1.38 bits per heavy atom. The summed E-state index contributed by atoms with van der Waals surface area (Å²) in [6, 6.07) is 6.73. The number of pyridine rings is 1. The van der Waals surface area contributed by atoms with Crippen LogP contribution in [0.3, 0.4) is 0 Å². The van der Waals surface area contributed by atoms with Gasteiger partial charge < -0.3 is 5.32 Å². The van der Waals surface area contributed by atoms with Crippen LogP contribution >= 0.6 is 15.9 Å². The van der Waals surface area contributed by atoms with Crippen molar-refractivity contribution in [3.63, 3.8) is 0 Å². The lowest BCUT2D eigenvalue weighted by Gasteiger charge is -2.19. The lowest BCUT2D eigenvalue weighted by atomic mass is 9.98. The Morgan fingerprint density at radius 2 is 2.19 bits per heavy atom. The van der Waals surface area contributed by atoms with Crippen LogP contribution in [0.25, 0.3) is 0 Å². The molecule has 1 aliphatic carbocycles. The number of aromatic nitrogens is 1. The van der Waals surface area contributed by atoms with E-state index in [0.29, 0.717) is 6.04 Å². The summed E-state index contributed by atoms with van der Waals surface area (Å²) in [5.41, 5.74) is 1.11. The molecule has 88 valence electrons. The SMILES string of the molecule is CC1CCC(NCc2cccc(Br)n2)C1C. The van der Waals surface area contributed by atoms with Crippen LogP contribution in [-0.4, -0.2) is 11.0 Å². The minimum Gasteiger partial charge on any atom is -0.308 e. The van der Waals surface area contributed by atoms with E-state index in [2.05, 4.69) is 46.1 Å². The first-order valence-electron chi connectivity index (χ1n) is 6.01. The average Bonchev–Trinajstić information content (AvgIpc) is 2.57. The highest BCUT2D eigenvalue weighted by Gasteiger charge is 2.28. The van der Waals surface area contributed by atoms with Crippen LogP contribution in [-0.2, 0) is 6.54 Å². The van der Waals surface area contributed by atoms with Crippen molar-refractivity contribution in [3.05, 3.63) is 28.5 Å². The molecular formula is C13H19BrN2. The summed E-state index contributed by atoms with van der Waals surface area (Å²) in [5.74, 6) is 1.64. The summed E-state index contributed by atoms with van der Waals surface area (Å²) in [4.78, 5) is 4.43. The molecule has 1 saturated carbocycles. The van der Waals surface area contributed by atoms with Crippen molar-refractivity contribution < 1.29 is 0 Å². The molecule has 3 heteroatoms. The topological polar surface area (TPSA) is 24.9 Å². The first-order valence-corrected chi connectivity index (χ1v) is 6.81. The van der Waals surface area contributed by atoms with E-state index in [1.807, 2.05) is 12.1 Å². The summed E-state index contributed by atoms with van der Waals surface area (Å²) >= 11 is 3.40. The largest absolute Gasteiger partial charge is 0.308 e. The highest BCUT2D eigenvalue weighted by Crippen LogP contribution is 2.31. The highest BCUT2D eigenvalue weighted by molar-refractivity contribution is 9.10. The molecule has 0 saturated heterocycles. The van der Waals surface area contributed by atoms with E-state index in [9.17, 15) is 0 Å². The Labute approximate surface area is 106 Å². The smallest absolute Gasteiger partial charge is 0.106 e. The average molecular weight is 283 g/mol. The van der Waals surface area contributed by atoms with Crippen molar-refractivity contribution in [3.8, 4) is 0 Å². The maximum Gasteiger partial charge on any atom is 0.106 e. The monoisotopic (exact) mass is 282 g/mol. The van der Waals surface area contributed by atoms with Crippen LogP contribution in [0.2, 0.25) is 0 Å². The second-order valence-electron chi connectivity index (χ2n) is 4.85. The van der Waals surface area contributed by atoms with Gasteiger partial charge in [0.05, 0.1) is 5.69 Å². The molecule has 0 aromatic carbocycles. The molecule has 1 aliphatic rings. The minimum absolute atomic E-state index is 0.663. The Balaban J connectivity index is 1.88. The lowest BCUT2D eigenvalue weighted by molar-refractivity contribution is 0.368. The van der Waals surface area contributed by atoms with Crippen molar-refractivity contribution in [2.75, 3.05) is 0 Å². The van der Waals surface area contributed by atoms with E-state index in [-0.39, 0.29) is 0 Å². The molecule has 1 N–H and O–H groups in total. The molecule has 3 atom stereocenters.